The monoisotopic (exact) mass is 487 g/mol. The number of carboxylic acid groups (broad SMARTS) is 1. The number of benzene rings is 2. The van der Waals surface area contributed by atoms with Crippen molar-refractivity contribution in [2.75, 3.05) is 11.5 Å². The predicted molar refractivity (Wildman–Crippen MR) is 144 cm³/mol. The van der Waals surface area contributed by atoms with E-state index in [0.717, 1.165) is 46.9 Å². The first-order chi connectivity index (χ1) is 17.3. The third kappa shape index (κ3) is 5.59. The number of carbonyl (C=O) groups is 1. The molecule has 0 amide bonds. The summed E-state index contributed by atoms with van der Waals surface area (Å²) in [5.41, 5.74) is 7.07. The van der Waals surface area contributed by atoms with E-state index in [1.807, 2.05) is 0 Å². The maximum atomic E-state index is 11.0. The number of aryl methyl sites for hydroxylation is 2. The van der Waals surface area contributed by atoms with E-state index >= 15 is 0 Å². The number of carboxylic acids is 1. The Labute approximate surface area is 214 Å². The fraction of sp³-hybridized carbons (Fsp3) is 0.433. The van der Waals surface area contributed by atoms with Gasteiger partial charge in [0.15, 0.2) is 5.82 Å². The predicted octanol–water partition coefficient (Wildman–Crippen LogP) is 5.82. The second-order valence-electron chi connectivity index (χ2n) is 10.3. The Balaban J connectivity index is 1.82. The zero-order chi connectivity index (χ0) is 25.8. The molecule has 1 aliphatic heterocycles. The molecule has 0 aliphatic carbocycles. The molecule has 0 spiro atoms. The van der Waals surface area contributed by atoms with Gasteiger partial charge in [-0.05, 0) is 40.5 Å². The van der Waals surface area contributed by atoms with Crippen molar-refractivity contribution in [1.82, 2.24) is 9.97 Å². The van der Waals surface area contributed by atoms with Crippen LogP contribution in [0.1, 0.15) is 56.4 Å². The van der Waals surface area contributed by atoms with Crippen molar-refractivity contribution in [1.29, 1.82) is 0 Å². The number of hydrogen-bond acceptors (Lipinski definition) is 5. The first-order valence-corrected chi connectivity index (χ1v) is 12.9. The van der Waals surface area contributed by atoms with Gasteiger partial charge in [0, 0.05) is 48.6 Å². The number of hydrogen-bond donors (Lipinski definition) is 2. The maximum Gasteiger partial charge on any atom is 0.303 e. The van der Waals surface area contributed by atoms with E-state index in [1.54, 1.807) is 0 Å². The summed E-state index contributed by atoms with van der Waals surface area (Å²) in [6.45, 7) is 8.51. The first kappa shape index (κ1) is 25.8. The Bertz CT molecular complexity index is 1190. The molecule has 0 radical (unpaired) electrons. The van der Waals surface area contributed by atoms with Gasteiger partial charge in [0.25, 0.3) is 0 Å². The van der Waals surface area contributed by atoms with E-state index in [4.69, 9.17) is 15.1 Å². The molecule has 1 aromatic heterocycles. The molecule has 2 atom stereocenters. The zero-order valence-electron chi connectivity index (χ0n) is 21.7. The average Bonchev–Trinajstić information content (AvgIpc) is 2.85. The summed E-state index contributed by atoms with van der Waals surface area (Å²) in [4.78, 5) is 23.8. The fourth-order valence-electron chi connectivity index (χ4n) is 5.22. The summed E-state index contributed by atoms with van der Waals surface area (Å²) in [6.07, 6.45) is 3.07. The van der Waals surface area contributed by atoms with Crippen molar-refractivity contribution in [3.63, 3.8) is 0 Å². The van der Waals surface area contributed by atoms with E-state index in [1.165, 1.54) is 11.1 Å². The maximum absolute atomic E-state index is 11.0. The minimum Gasteiger partial charge on any atom is -0.481 e. The summed E-state index contributed by atoms with van der Waals surface area (Å²) in [5.74, 6) is 0.139. The Morgan fingerprint density at radius 2 is 1.50 bits per heavy atom. The van der Waals surface area contributed by atoms with Gasteiger partial charge in [-0.3, -0.25) is 4.79 Å². The lowest BCUT2D eigenvalue weighted by molar-refractivity contribution is -0.137. The molecule has 0 bridgehead atoms. The minimum atomic E-state index is -0.763. The molecular weight excluding hydrogens is 450 g/mol. The molecule has 2 unspecified atom stereocenters. The number of anilines is 1. The van der Waals surface area contributed by atoms with Gasteiger partial charge in [-0.1, -0.05) is 66.1 Å². The van der Waals surface area contributed by atoms with Gasteiger partial charge < -0.3 is 15.1 Å². The van der Waals surface area contributed by atoms with Crippen molar-refractivity contribution in [2.45, 2.75) is 71.9 Å². The van der Waals surface area contributed by atoms with Gasteiger partial charge in [-0.25, -0.2) is 9.97 Å². The van der Waals surface area contributed by atoms with Crippen LogP contribution in [0.2, 0.25) is 0 Å². The van der Waals surface area contributed by atoms with Gasteiger partial charge in [-0.2, -0.15) is 0 Å². The Morgan fingerprint density at radius 1 is 0.944 bits per heavy atom. The standard InChI is InChI=1S/C30H37N3O3/c1-19(2)33-26(7-5-6-8-27(35)36)24(18-34)17-25-30(33)32-29(23-15-11-21(4)12-16-23)28(31-25)22-13-9-20(3)10-14-22/h9-16,19,24,26,34H,5-8,17-18H2,1-4H3,(H,35,36). The normalized spacial score (nSPS) is 17.3. The largest absolute Gasteiger partial charge is 0.481 e. The summed E-state index contributed by atoms with van der Waals surface area (Å²) in [6, 6.07) is 17.0. The second kappa shape index (κ2) is 11.2. The molecule has 0 saturated carbocycles. The van der Waals surface area contributed by atoms with Crippen LogP contribution >= 0.6 is 0 Å². The van der Waals surface area contributed by atoms with E-state index in [0.29, 0.717) is 12.8 Å². The highest BCUT2D eigenvalue weighted by atomic mass is 16.4. The Hall–Kier alpha value is -3.25. The van der Waals surface area contributed by atoms with Crippen LogP contribution in [-0.2, 0) is 11.2 Å². The Kier molecular flexibility index (Phi) is 8.04. The molecule has 1 aliphatic rings. The van der Waals surface area contributed by atoms with Crippen LogP contribution < -0.4 is 4.90 Å². The lowest BCUT2D eigenvalue weighted by Gasteiger charge is -2.44. The number of aliphatic hydroxyl groups excluding tert-OH is 1. The molecule has 0 saturated heterocycles. The minimum absolute atomic E-state index is 0.0233. The SMILES string of the molecule is Cc1ccc(-c2nc3c(nc2-c2ccc(C)cc2)N(C(C)C)C(CCCCC(=O)O)C(CO)C3)cc1. The topological polar surface area (TPSA) is 86.6 Å². The number of nitrogens with zero attached hydrogens (tertiary/aromatic N) is 3. The van der Waals surface area contributed by atoms with Gasteiger partial charge >= 0.3 is 5.97 Å². The highest BCUT2D eigenvalue weighted by molar-refractivity contribution is 5.80. The van der Waals surface area contributed by atoms with Crippen LogP contribution in [0.3, 0.4) is 0 Å². The third-order valence-electron chi connectivity index (χ3n) is 7.13. The number of fused-ring (bicyclic) bond motifs is 1. The molecule has 190 valence electrons. The van der Waals surface area contributed by atoms with Crippen LogP contribution in [0.4, 0.5) is 5.82 Å². The molecule has 3 aromatic rings. The van der Waals surface area contributed by atoms with Crippen molar-refractivity contribution < 1.29 is 15.0 Å². The quantitative estimate of drug-likeness (QED) is 0.370. The lowest BCUT2D eigenvalue weighted by Crippen LogP contribution is -2.51. The molecule has 2 aromatic carbocycles. The summed E-state index contributed by atoms with van der Waals surface area (Å²) in [5, 5.41) is 19.4. The lowest BCUT2D eigenvalue weighted by atomic mass is 9.85. The Morgan fingerprint density at radius 3 is 2.00 bits per heavy atom. The molecule has 6 nitrogen and oxygen atoms in total. The number of aromatic nitrogens is 2. The second-order valence-corrected chi connectivity index (χ2v) is 10.3. The van der Waals surface area contributed by atoms with Crippen molar-refractivity contribution in [2.24, 2.45) is 5.92 Å². The third-order valence-corrected chi connectivity index (χ3v) is 7.13. The summed E-state index contributed by atoms with van der Waals surface area (Å²) < 4.78 is 0. The summed E-state index contributed by atoms with van der Waals surface area (Å²) >= 11 is 0. The fourth-order valence-corrected chi connectivity index (χ4v) is 5.22. The summed E-state index contributed by atoms with van der Waals surface area (Å²) in [7, 11) is 0. The average molecular weight is 488 g/mol. The van der Waals surface area contributed by atoms with E-state index in [2.05, 4.69) is 81.1 Å². The molecular formula is C30H37N3O3. The molecule has 2 heterocycles. The van der Waals surface area contributed by atoms with Gasteiger partial charge in [0.1, 0.15) is 0 Å². The van der Waals surface area contributed by atoms with E-state index in [9.17, 15) is 9.90 Å². The number of unbranched alkanes of at least 4 members (excludes halogenated alkanes) is 1. The van der Waals surface area contributed by atoms with E-state index < -0.39 is 5.97 Å². The number of aliphatic carboxylic acids is 1. The van der Waals surface area contributed by atoms with Crippen molar-refractivity contribution >= 4 is 11.8 Å². The number of rotatable bonds is 9. The van der Waals surface area contributed by atoms with Gasteiger partial charge in [0.2, 0.25) is 0 Å². The molecule has 36 heavy (non-hydrogen) atoms. The van der Waals surface area contributed by atoms with Crippen LogP contribution in [0, 0.1) is 19.8 Å². The molecule has 0 fully saturated rings. The van der Waals surface area contributed by atoms with Crippen LogP contribution in [-0.4, -0.2) is 44.8 Å². The van der Waals surface area contributed by atoms with Crippen molar-refractivity contribution in [3.05, 3.63) is 65.4 Å². The first-order valence-electron chi connectivity index (χ1n) is 12.9. The van der Waals surface area contributed by atoms with E-state index in [-0.39, 0.29) is 31.0 Å². The molecule has 4 rings (SSSR count). The highest BCUT2D eigenvalue weighted by Crippen LogP contribution is 2.40. The van der Waals surface area contributed by atoms with Gasteiger partial charge in [-0.15, -0.1) is 0 Å². The molecule has 6 heteroatoms. The highest BCUT2D eigenvalue weighted by Gasteiger charge is 2.37. The van der Waals surface area contributed by atoms with Crippen LogP contribution in [0.5, 0.6) is 0 Å². The van der Waals surface area contributed by atoms with Crippen molar-refractivity contribution in [3.8, 4) is 22.5 Å². The number of aliphatic hydroxyl groups is 1. The molecule has 2 N–H and O–H groups in total. The zero-order valence-corrected chi connectivity index (χ0v) is 21.7. The van der Waals surface area contributed by atoms with Crippen LogP contribution in [0.15, 0.2) is 48.5 Å². The smallest absolute Gasteiger partial charge is 0.303 e. The van der Waals surface area contributed by atoms with Gasteiger partial charge in [0.05, 0.1) is 17.1 Å². The van der Waals surface area contributed by atoms with Crippen LogP contribution in [0.25, 0.3) is 22.5 Å².